The Bertz CT molecular complexity index is 581. The van der Waals surface area contributed by atoms with Crippen LogP contribution < -0.4 is 5.32 Å². The second-order valence-electron chi connectivity index (χ2n) is 6.95. The number of hydrogen-bond donors (Lipinski definition) is 3. The van der Waals surface area contributed by atoms with E-state index in [0.29, 0.717) is 6.54 Å². The Morgan fingerprint density at radius 2 is 1.95 bits per heavy atom. The lowest BCUT2D eigenvalue weighted by Gasteiger charge is -2.40. The van der Waals surface area contributed by atoms with E-state index in [1.807, 2.05) is 18.2 Å². The van der Waals surface area contributed by atoms with Gasteiger partial charge in [-0.25, -0.2) is 0 Å². The number of rotatable bonds is 4. The largest absolute Gasteiger partial charge is 0.387 e. The van der Waals surface area contributed by atoms with Crippen molar-refractivity contribution in [3.63, 3.8) is 0 Å². The average molecular weight is 275 g/mol. The van der Waals surface area contributed by atoms with Gasteiger partial charge in [0, 0.05) is 17.5 Å². The number of hydrogen-bond acceptors (Lipinski definition) is 3. The van der Waals surface area contributed by atoms with E-state index in [1.54, 1.807) is 6.20 Å². The standard InChI is InChI=1S/C16H25N3O/c1-15(2,3)16(4,5)17-10-14(20)11-7-6-8-13-12(11)9-18-19-13/h6-9,14,17,20H,10H2,1-5H3,(H,18,19)/t14-/m0/s1. The van der Waals surface area contributed by atoms with Crippen LogP contribution in [0.25, 0.3) is 10.9 Å². The van der Waals surface area contributed by atoms with Crippen molar-refractivity contribution in [2.75, 3.05) is 6.54 Å². The van der Waals surface area contributed by atoms with Crippen LogP contribution in [0.1, 0.15) is 46.3 Å². The molecular weight excluding hydrogens is 250 g/mol. The average Bonchev–Trinajstić information content (AvgIpc) is 2.82. The van der Waals surface area contributed by atoms with Crippen LogP contribution in [0.4, 0.5) is 0 Å². The number of H-pyrrole nitrogens is 1. The number of aliphatic hydroxyl groups excluding tert-OH is 1. The molecule has 0 aliphatic carbocycles. The highest BCUT2D eigenvalue weighted by atomic mass is 16.3. The summed E-state index contributed by atoms with van der Waals surface area (Å²) in [6, 6.07) is 5.85. The first-order valence-corrected chi connectivity index (χ1v) is 7.07. The molecule has 0 aliphatic heterocycles. The maximum atomic E-state index is 10.5. The predicted molar refractivity (Wildman–Crippen MR) is 82.6 cm³/mol. The van der Waals surface area contributed by atoms with Crippen molar-refractivity contribution < 1.29 is 5.11 Å². The summed E-state index contributed by atoms with van der Waals surface area (Å²) in [5, 5.41) is 21.9. The maximum absolute atomic E-state index is 10.5. The number of nitrogens with zero attached hydrogens (tertiary/aromatic N) is 1. The Morgan fingerprint density at radius 1 is 1.25 bits per heavy atom. The molecule has 0 fully saturated rings. The summed E-state index contributed by atoms with van der Waals surface area (Å²) >= 11 is 0. The lowest BCUT2D eigenvalue weighted by molar-refractivity contribution is 0.123. The summed E-state index contributed by atoms with van der Waals surface area (Å²) in [6.45, 7) is 11.4. The van der Waals surface area contributed by atoms with E-state index in [1.165, 1.54) is 0 Å². The van der Waals surface area contributed by atoms with Crippen molar-refractivity contribution in [3.8, 4) is 0 Å². The summed E-state index contributed by atoms with van der Waals surface area (Å²) < 4.78 is 0. The predicted octanol–water partition coefficient (Wildman–Crippen LogP) is 3.01. The number of nitrogens with one attached hydrogen (secondary N) is 2. The molecule has 2 rings (SSSR count). The molecule has 1 aromatic heterocycles. The Morgan fingerprint density at radius 3 is 2.60 bits per heavy atom. The van der Waals surface area contributed by atoms with Crippen LogP contribution in [-0.2, 0) is 0 Å². The third-order valence-corrected chi connectivity index (χ3v) is 4.49. The number of β-amino-alcohol motifs (C(OH)–C–C–N with tert-alkyl or cyclic N) is 1. The zero-order valence-corrected chi connectivity index (χ0v) is 13.0. The third-order valence-electron chi connectivity index (χ3n) is 4.49. The van der Waals surface area contributed by atoms with Gasteiger partial charge in [-0.05, 0) is 30.9 Å². The van der Waals surface area contributed by atoms with Crippen molar-refractivity contribution in [2.24, 2.45) is 5.41 Å². The zero-order chi connectivity index (χ0) is 15.0. The molecule has 0 unspecified atom stereocenters. The Kier molecular flexibility index (Phi) is 3.89. The number of aromatic nitrogens is 2. The molecule has 2 aromatic rings. The van der Waals surface area contributed by atoms with Gasteiger partial charge < -0.3 is 10.4 Å². The van der Waals surface area contributed by atoms with Crippen molar-refractivity contribution in [3.05, 3.63) is 30.0 Å². The van der Waals surface area contributed by atoms with E-state index < -0.39 is 6.10 Å². The number of aromatic amines is 1. The summed E-state index contributed by atoms with van der Waals surface area (Å²) in [5.41, 5.74) is 1.93. The summed E-state index contributed by atoms with van der Waals surface area (Å²) in [5.74, 6) is 0. The highest BCUT2D eigenvalue weighted by Crippen LogP contribution is 2.30. The van der Waals surface area contributed by atoms with Crippen LogP contribution in [0, 0.1) is 5.41 Å². The molecule has 0 radical (unpaired) electrons. The topological polar surface area (TPSA) is 60.9 Å². The minimum Gasteiger partial charge on any atom is -0.387 e. The molecule has 0 bridgehead atoms. The van der Waals surface area contributed by atoms with E-state index in [4.69, 9.17) is 0 Å². The molecule has 0 spiro atoms. The maximum Gasteiger partial charge on any atom is 0.0921 e. The Labute approximate surface area is 120 Å². The second-order valence-corrected chi connectivity index (χ2v) is 6.95. The van der Waals surface area contributed by atoms with Crippen LogP contribution in [-0.4, -0.2) is 27.4 Å². The van der Waals surface area contributed by atoms with Crippen molar-refractivity contribution in [1.82, 2.24) is 15.5 Å². The van der Waals surface area contributed by atoms with E-state index >= 15 is 0 Å². The molecule has 4 heteroatoms. The molecular formula is C16H25N3O. The molecule has 1 heterocycles. The van der Waals surface area contributed by atoms with Crippen LogP contribution in [0.2, 0.25) is 0 Å². The van der Waals surface area contributed by atoms with Gasteiger partial charge in [0.05, 0.1) is 17.8 Å². The highest BCUT2D eigenvalue weighted by Gasteiger charge is 2.32. The van der Waals surface area contributed by atoms with Gasteiger partial charge in [-0.2, -0.15) is 5.10 Å². The molecule has 4 nitrogen and oxygen atoms in total. The fourth-order valence-electron chi connectivity index (χ4n) is 2.01. The van der Waals surface area contributed by atoms with Gasteiger partial charge in [-0.3, -0.25) is 5.10 Å². The molecule has 1 atom stereocenters. The summed E-state index contributed by atoms with van der Waals surface area (Å²) in [4.78, 5) is 0. The third kappa shape index (κ3) is 2.86. The van der Waals surface area contributed by atoms with Crippen molar-refractivity contribution in [1.29, 1.82) is 0 Å². The lowest BCUT2D eigenvalue weighted by atomic mass is 9.76. The van der Waals surface area contributed by atoms with Gasteiger partial charge in [-0.1, -0.05) is 32.9 Å². The fourth-order valence-corrected chi connectivity index (χ4v) is 2.01. The molecule has 110 valence electrons. The van der Waals surface area contributed by atoms with Crippen molar-refractivity contribution in [2.45, 2.75) is 46.3 Å². The van der Waals surface area contributed by atoms with Crippen LogP contribution >= 0.6 is 0 Å². The first-order chi connectivity index (χ1) is 9.22. The second kappa shape index (κ2) is 5.19. The normalized spacial score (nSPS) is 14.7. The van der Waals surface area contributed by atoms with Crippen molar-refractivity contribution >= 4 is 10.9 Å². The smallest absolute Gasteiger partial charge is 0.0921 e. The number of aliphatic hydroxyl groups is 1. The Hall–Kier alpha value is -1.39. The highest BCUT2D eigenvalue weighted by molar-refractivity contribution is 5.81. The summed E-state index contributed by atoms with van der Waals surface area (Å²) in [6.07, 6.45) is 1.22. The van der Waals surface area contributed by atoms with Crippen LogP contribution in [0.5, 0.6) is 0 Å². The Balaban J connectivity index is 2.13. The molecule has 0 aliphatic rings. The molecule has 3 N–H and O–H groups in total. The van der Waals surface area contributed by atoms with Crippen LogP contribution in [0.3, 0.4) is 0 Å². The van der Waals surface area contributed by atoms with Gasteiger partial charge in [0.1, 0.15) is 0 Å². The van der Waals surface area contributed by atoms with E-state index in [9.17, 15) is 5.11 Å². The fraction of sp³-hybridized carbons (Fsp3) is 0.562. The van der Waals surface area contributed by atoms with Gasteiger partial charge in [0.2, 0.25) is 0 Å². The van der Waals surface area contributed by atoms with E-state index in [0.717, 1.165) is 16.5 Å². The van der Waals surface area contributed by atoms with E-state index in [2.05, 4.69) is 50.1 Å². The first kappa shape index (κ1) is 15.0. The van der Waals surface area contributed by atoms with Gasteiger partial charge in [0.25, 0.3) is 0 Å². The minimum atomic E-state index is -0.544. The van der Waals surface area contributed by atoms with Gasteiger partial charge in [-0.15, -0.1) is 0 Å². The molecule has 1 aromatic carbocycles. The number of fused-ring (bicyclic) bond motifs is 1. The molecule has 0 saturated heterocycles. The first-order valence-electron chi connectivity index (χ1n) is 7.07. The van der Waals surface area contributed by atoms with E-state index in [-0.39, 0.29) is 11.0 Å². The number of benzene rings is 1. The lowest BCUT2D eigenvalue weighted by Crippen LogP contribution is -2.51. The molecule has 20 heavy (non-hydrogen) atoms. The van der Waals surface area contributed by atoms with Gasteiger partial charge >= 0.3 is 0 Å². The quantitative estimate of drug-likeness (QED) is 0.804. The minimum absolute atomic E-state index is 0.0573. The monoisotopic (exact) mass is 275 g/mol. The van der Waals surface area contributed by atoms with Crippen LogP contribution in [0.15, 0.2) is 24.4 Å². The zero-order valence-electron chi connectivity index (χ0n) is 13.0. The SMILES string of the molecule is CC(C)(C)C(C)(C)NC[C@H](O)c1cccc2[nH]ncc12. The molecule has 0 saturated carbocycles. The van der Waals surface area contributed by atoms with Gasteiger partial charge in [0.15, 0.2) is 0 Å². The summed E-state index contributed by atoms with van der Waals surface area (Å²) in [7, 11) is 0. The molecule has 0 amide bonds.